The van der Waals surface area contributed by atoms with Gasteiger partial charge in [0, 0.05) is 13.1 Å². The first-order valence-electron chi connectivity index (χ1n) is 4.39. The minimum atomic E-state index is -0.412. The van der Waals surface area contributed by atoms with Gasteiger partial charge in [0.05, 0.1) is 17.9 Å². The fraction of sp³-hybridized carbons (Fsp3) is 0.444. The lowest BCUT2D eigenvalue weighted by atomic mass is 10.3. The molecule has 2 heterocycles. The maximum absolute atomic E-state index is 11.7. The van der Waals surface area contributed by atoms with Crippen molar-refractivity contribution in [3.05, 3.63) is 23.1 Å². The van der Waals surface area contributed by atoms with E-state index in [0.717, 1.165) is 0 Å². The van der Waals surface area contributed by atoms with E-state index >= 15 is 0 Å². The third kappa shape index (κ3) is 1.63. The molecule has 0 aromatic carbocycles. The standard InChI is InChI=1S/C9H10ClNO3/c10-8-7(2-4-14-8)9(13)11-3-1-6(12)5-11/h2,4,6,12H,1,3,5H2. The second-order valence-electron chi connectivity index (χ2n) is 3.30. The molecular weight excluding hydrogens is 206 g/mol. The highest BCUT2D eigenvalue weighted by Crippen LogP contribution is 2.20. The molecular formula is C9H10ClNO3. The van der Waals surface area contributed by atoms with Crippen LogP contribution in [-0.2, 0) is 0 Å². The van der Waals surface area contributed by atoms with Crippen LogP contribution < -0.4 is 0 Å². The van der Waals surface area contributed by atoms with E-state index in [9.17, 15) is 9.90 Å². The van der Waals surface area contributed by atoms with E-state index in [4.69, 9.17) is 16.0 Å². The Morgan fingerprint density at radius 3 is 3.00 bits per heavy atom. The summed E-state index contributed by atoms with van der Waals surface area (Å²) in [5.41, 5.74) is 0.362. The fourth-order valence-electron chi connectivity index (χ4n) is 1.54. The van der Waals surface area contributed by atoms with Crippen molar-refractivity contribution >= 4 is 17.5 Å². The second-order valence-corrected chi connectivity index (χ2v) is 3.64. The van der Waals surface area contributed by atoms with Crippen LogP contribution in [0.4, 0.5) is 0 Å². The number of aliphatic hydroxyl groups excluding tert-OH is 1. The van der Waals surface area contributed by atoms with Crippen LogP contribution in [0.3, 0.4) is 0 Å². The Morgan fingerprint density at radius 1 is 1.71 bits per heavy atom. The molecule has 0 radical (unpaired) electrons. The van der Waals surface area contributed by atoms with Crippen molar-refractivity contribution in [3.63, 3.8) is 0 Å². The zero-order valence-electron chi connectivity index (χ0n) is 7.44. The van der Waals surface area contributed by atoms with Crippen molar-refractivity contribution in [3.8, 4) is 0 Å². The third-order valence-corrected chi connectivity index (χ3v) is 2.59. The van der Waals surface area contributed by atoms with E-state index in [0.29, 0.717) is 25.1 Å². The summed E-state index contributed by atoms with van der Waals surface area (Å²) >= 11 is 5.67. The van der Waals surface area contributed by atoms with Gasteiger partial charge >= 0.3 is 0 Å². The Kier molecular flexibility index (Phi) is 2.48. The molecule has 0 aliphatic carbocycles. The average Bonchev–Trinajstić information content (AvgIpc) is 2.73. The molecule has 4 nitrogen and oxygen atoms in total. The van der Waals surface area contributed by atoms with Gasteiger partial charge in [0.2, 0.25) is 5.22 Å². The number of β-amino-alcohol motifs (C(OH)–C–C–N with tert-alkyl or cyclic N) is 1. The number of halogens is 1. The molecule has 0 spiro atoms. The van der Waals surface area contributed by atoms with Crippen LogP contribution in [0.1, 0.15) is 16.8 Å². The van der Waals surface area contributed by atoms with E-state index in [1.807, 2.05) is 0 Å². The number of carbonyl (C=O) groups is 1. The van der Waals surface area contributed by atoms with Crippen LogP contribution in [0.25, 0.3) is 0 Å². The molecule has 1 aromatic rings. The van der Waals surface area contributed by atoms with Crippen molar-refractivity contribution in [1.29, 1.82) is 0 Å². The van der Waals surface area contributed by atoms with E-state index in [1.54, 1.807) is 4.90 Å². The Morgan fingerprint density at radius 2 is 2.50 bits per heavy atom. The lowest BCUT2D eigenvalue weighted by Gasteiger charge is -2.13. The van der Waals surface area contributed by atoms with Gasteiger partial charge in [-0.15, -0.1) is 0 Å². The number of likely N-dealkylation sites (tertiary alicyclic amines) is 1. The van der Waals surface area contributed by atoms with Crippen molar-refractivity contribution < 1.29 is 14.3 Å². The molecule has 1 aliphatic heterocycles. The number of amides is 1. The summed E-state index contributed by atoms with van der Waals surface area (Å²) in [6.45, 7) is 0.946. The maximum atomic E-state index is 11.7. The fourth-order valence-corrected chi connectivity index (χ4v) is 1.74. The molecule has 1 atom stereocenters. The smallest absolute Gasteiger partial charge is 0.258 e. The molecule has 14 heavy (non-hydrogen) atoms. The highest BCUT2D eigenvalue weighted by Gasteiger charge is 2.27. The first-order chi connectivity index (χ1) is 6.68. The first kappa shape index (κ1) is 9.55. The van der Waals surface area contributed by atoms with Crippen LogP contribution in [0.15, 0.2) is 16.7 Å². The van der Waals surface area contributed by atoms with Gasteiger partial charge in [-0.1, -0.05) is 0 Å². The molecule has 1 unspecified atom stereocenters. The van der Waals surface area contributed by atoms with Crippen LogP contribution in [-0.4, -0.2) is 35.1 Å². The van der Waals surface area contributed by atoms with E-state index in [2.05, 4.69) is 0 Å². The zero-order chi connectivity index (χ0) is 10.1. The number of furan rings is 1. The van der Waals surface area contributed by atoms with Gasteiger partial charge in [-0.3, -0.25) is 4.79 Å². The molecule has 0 saturated carbocycles. The maximum Gasteiger partial charge on any atom is 0.258 e. The predicted molar refractivity (Wildman–Crippen MR) is 50.2 cm³/mol. The molecule has 2 rings (SSSR count). The lowest BCUT2D eigenvalue weighted by Crippen LogP contribution is -2.29. The number of rotatable bonds is 1. The van der Waals surface area contributed by atoms with E-state index < -0.39 is 6.10 Å². The van der Waals surface area contributed by atoms with Gasteiger partial charge < -0.3 is 14.4 Å². The molecule has 0 bridgehead atoms. The summed E-state index contributed by atoms with van der Waals surface area (Å²) in [5, 5.41) is 9.37. The number of nitrogens with zero attached hydrogens (tertiary/aromatic N) is 1. The van der Waals surface area contributed by atoms with Crippen LogP contribution >= 0.6 is 11.6 Å². The van der Waals surface area contributed by atoms with Crippen molar-refractivity contribution in [2.75, 3.05) is 13.1 Å². The largest absolute Gasteiger partial charge is 0.452 e. The Bertz CT molecular complexity index is 350. The normalized spacial score (nSPS) is 21.6. The third-order valence-electron chi connectivity index (χ3n) is 2.30. The predicted octanol–water partition coefficient (Wildman–Crippen LogP) is 1.14. The molecule has 1 N–H and O–H groups in total. The van der Waals surface area contributed by atoms with Gasteiger partial charge in [-0.2, -0.15) is 0 Å². The monoisotopic (exact) mass is 215 g/mol. The highest BCUT2D eigenvalue weighted by molar-refractivity contribution is 6.32. The summed E-state index contributed by atoms with van der Waals surface area (Å²) in [6, 6.07) is 1.54. The van der Waals surface area contributed by atoms with Gasteiger partial charge in [-0.05, 0) is 24.1 Å². The molecule has 1 amide bonds. The number of hydrogen-bond donors (Lipinski definition) is 1. The van der Waals surface area contributed by atoms with Gasteiger partial charge in [0.15, 0.2) is 0 Å². The second kappa shape index (κ2) is 3.63. The Balaban J connectivity index is 2.13. The van der Waals surface area contributed by atoms with E-state index in [1.165, 1.54) is 12.3 Å². The molecule has 1 aromatic heterocycles. The van der Waals surface area contributed by atoms with Crippen LogP contribution in [0.5, 0.6) is 0 Å². The first-order valence-corrected chi connectivity index (χ1v) is 4.76. The molecule has 1 saturated heterocycles. The molecule has 76 valence electrons. The van der Waals surface area contributed by atoms with Crippen molar-refractivity contribution in [2.45, 2.75) is 12.5 Å². The molecule has 1 aliphatic rings. The van der Waals surface area contributed by atoms with E-state index in [-0.39, 0.29) is 11.1 Å². The minimum Gasteiger partial charge on any atom is -0.452 e. The van der Waals surface area contributed by atoms with Gasteiger partial charge in [0.25, 0.3) is 5.91 Å². The topological polar surface area (TPSA) is 53.7 Å². The van der Waals surface area contributed by atoms with Crippen molar-refractivity contribution in [1.82, 2.24) is 4.90 Å². The number of carbonyl (C=O) groups excluding carboxylic acids is 1. The summed E-state index contributed by atoms with van der Waals surface area (Å²) in [7, 11) is 0. The van der Waals surface area contributed by atoms with Crippen LogP contribution in [0, 0.1) is 0 Å². The highest BCUT2D eigenvalue weighted by atomic mass is 35.5. The molecule has 1 fully saturated rings. The zero-order valence-corrected chi connectivity index (χ0v) is 8.20. The van der Waals surface area contributed by atoms with Gasteiger partial charge in [-0.25, -0.2) is 0 Å². The Hall–Kier alpha value is -1.00. The van der Waals surface area contributed by atoms with Crippen molar-refractivity contribution in [2.24, 2.45) is 0 Å². The summed E-state index contributed by atoms with van der Waals surface area (Å²) < 4.78 is 4.83. The van der Waals surface area contributed by atoms with Gasteiger partial charge in [0.1, 0.15) is 0 Å². The SMILES string of the molecule is O=C(c1ccoc1Cl)N1CCC(O)C1. The quantitative estimate of drug-likeness (QED) is 0.765. The number of hydrogen-bond acceptors (Lipinski definition) is 3. The summed E-state index contributed by atoms with van der Waals surface area (Å²) in [5.74, 6) is -0.180. The molecule has 5 heteroatoms. The minimum absolute atomic E-state index is 0.108. The number of aliphatic hydroxyl groups is 1. The average molecular weight is 216 g/mol. The Labute approximate surface area is 86.1 Å². The van der Waals surface area contributed by atoms with Crippen LogP contribution in [0.2, 0.25) is 5.22 Å². The lowest BCUT2D eigenvalue weighted by molar-refractivity contribution is 0.0764. The summed E-state index contributed by atoms with van der Waals surface area (Å²) in [6.07, 6.45) is 1.59. The summed E-state index contributed by atoms with van der Waals surface area (Å²) in [4.78, 5) is 13.3.